The zero-order valence-corrected chi connectivity index (χ0v) is 29.2. The van der Waals surface area contributed by atoms with Crippen LogP contribution >= 0.6 is 23.1 Å². The quantitative estimate of drug-likeness (QED) is 0.141. The predicted octanol–water partition coefficient (Wildman–Crippen LogP) is 6.59. The predicted molar refractivity (Wildman–Crippen MR) is 194 cm³/mol. The summed E-state index contributed by atoms with van der Waals surface area (Å²) in [6.45, 7) is 5.11. The Morgan fingerprint density at radius 3 is 2.50 bits per heavy atom. The van der Waals surface area contributed by atoms with Crippen LogP contribution in [0, 0.1) is 12.8 Å². The van der Waals surface area contributed by atoms with Gasteiger partial charge in [0.15, 0.2) is 0 Å². The number of nitrogens with one attached hydrogen (secondary N) is 1. The van der Waals surface area contributed by atoms with Crippen molar-refractivity contribution in [2.24, 2.45) is 5.92 Å². The molecule has 1 N–H and O–H groups in total. The highest BCUT2D eigenvalue weighted by molar-refractivity contribution is 7.98. The molecule has 1 atom stereocenters. The van der Waals surface area contributed by atoms with E-state index in [9.17, 15) is 24.0 Å². The first-order valence-corrected chi connectivity index (χ1v) is 18.2. The van der Waals surface area contributed by atoms with Crippen LogP contribution in [-0.2, 0) is 11.3 Å². The number of carbonyl (C=O) groups excluding carboxylic acids is 4. The summed E-state index contributed by atoms with van der Waals surface area (Å²) in [5.74, 6) is -0.0319. The number of anilines is 2. The summed E-state index contributed by atoms with van der Waals surface area (Å²) in [7, 11) is 0. The minimum absolute atomic E-state index is 0.0925. The Labute approximate surface area is 295 Å². The molecule has 50 heavy (non-hydrogen) atoms. The molecule has 0 bridgehead atoms. The van der Waals surface area contributed by atoms with Crippen molar-refractivity contribution in [3.05, 3.63) is 105 Å². The van der Waals surface area contributed by atoms with Gasteiger partial charge in [-0.2, -0.15) is 0 Å². The van der Waals surface area contributed by atoms with Crippen molar-refractivity contribution in [3.63, 3.8) is 0 Å². The van der Waals surface area contributed by atoms with E-state index < -0.39 is 11.8 Å². The lowest BCUT2D eigenvalue weighted by molar-refractivity contribution is -0.133. The Kier molecular flexibility index (Phi) is 9.02. The lowest BCUT2D eigenvalue weighted by atomic mass is 10.0. The van der Waals surface area contributed by atoms with Gasteiger partial charge >= 0.3 is 0 Å². The molecule has 11 nitrogen and oxygen atoms in total. The van der Waals surface area contributed by atoms with Crippen LogP contribution in [0.2, 0.25) is 0 Å². The van der Waals surface area contributed by atoms with Crippen molar-refractivity contribution in [1.29, 1.82) is 0 Å². The third kappa shape index (κ3) is 6.18. The summed E-state index contributed by atoms with van der Waals surface area (Å²) < 4.78 is 7.32. The number of amides is 4. The maximum absolute atomic E-state index is 13.4. The Balaban J connectivity index is 1.03. The maximum Gasteiger partial charge on any atom is 0.266 e. The zero-order chi connectivity index (χ0) is 35.1. The molecule has 0 unspecified atom stereocenters. The van der Waals surface area contributed by atoms with E-state index in [1.54, 1.807) is 66.4 Å². The number of thiophene rings is 1. The fraction of sp³-hybridized carbons (Fsp3) is 0.243. The van der Waals surface area contributed by atoms with E-state index in [2.05, 4.69) is 17.2 Å². The number of carbonyl (C=O) groups is 4. The molecule has 13 heteroatoms. The average molecular weight is 708 g/mol. The average Bonchev–Trinajstić information content (AvgIpc) is 3.59. The van der Waals surface area contributed by atoms with Crippen LogP contribution in [0.3, 0.4) is 0 Å². The van der Waals surface area contributed by atoms with Crippen molar-refractivity contribution in [2.75, 3.05) is 29.6 Å². The van der Waals surface area contributed by atoms with E-state index in [4.69, 9.17) is 4.74 Å². The molecule has 3 aromatic carbocycles. The molecule has 2 aliphatic heterocycles. The number of hydrogen-bond donors (Lipinski definition) is 1. The topological polar surface area (TPSA) is 131 Å². The van der Waals surface area contributed by atoms with Gasteiger partial charge in [0.2, 0.25) is 5.91 Å². The molecule has 1 fully saturated rings. The highest BCUT2D eigenvalue weighted by Crippen LogP contribution is 2.36. The van der Waals surface area contributed by atoms with Gasteiger partial charge in [-0.1, -0.05) is 19.1 Å². The Bertz CT molecular complexity index is 2250. The van der Waals surface area contributed by atoms with Gasteiger partial charge in [0, 0.05) is 23.7 Å². The second-order valence-electron chi connectivity index (χ2n) is 12.4. The third-order valence-electron chi connectivity index (χ3n) is 8.97. The zero-order valence-electron chi connectivity index (χ0n) is 27.6. The minimum atomic E-state index is -0.415. The standard InChI is InChI=1S/C37H33N5O6S2/c1-21-7-6-16-40(18-21)30(43)19-41-20-38-34-31(37(41)47)22(2)32(50-34)33(44)39-23-10-12-24(13-11-23)48-25-14-15-26-27(17-25)36(46)42(35(26)45)28-8-4-5-9-29(28)49-3/h4-5,8-15,17,20-21H,6-7,16,18-19H2,1-3H3,(H,39,44)/t21-/m1/s1. The van der Waals surface area contributed by atoms with E-state index in [-0.39, 0.29) is 29.5 Å². The van der Waals surface area contributed by atoms with Crippen LogP contribution in [0.5, 0.6) is 11.5 Å². The minimum Gasteiger partial charge on any atom is -0.457 e. The molecule has 0 spiro atoms. The second kappa shape index (κ2) is 13.6. The van der Waals surface area contributed by atoms with E-state index >= 15 is 0 Å². The van der Waals surface area contributed by atoms with Gasteiger partial charge in [-0.25, -0.2) is 9.88 Å². The van der Waals surface area contributed by atoms with Crippen molar-refractivity contribution in [2.45, 2.75) is 38.1 Å². The van der Waals surface area contributed by atoms with Gasteiger partial charge in [0.1, 0.15) is 22.9 Å². The summed E-state index contributed by atoms with van der Waals surface area (Å²) >= 11 is 2.58. The highest BCUT2D eigenvalue weighted by atomic mass is 32.2. The number of fused-ring (bicyclic) bond motifs is 2. The fourth-order valence-electron chi connectivity index (χ4n) is 6.40. The molecule has 4 amide bonds. The van der Waals surface area contributed by atoms with Gasteiger partial charge < -0.3 is 15.0 Å². The molecule has 2 aliphatic rings. The van der Waals surface area contributed by atoms with Gasteiger partial charge in [0.25, 0.3) is 23.3 Å². The number of likely N-dealkylation sites (tertiary alicyclic amines) is 1. The first-order chi connectivity index (χ1) is 24.1. The van der Waals surface area contributed by atoms with Crippen LogP contribution in [0.25, 0.3) is 10.2 Å². The Morgan fingerprint density at radius 1 is 1.00 bits per heavy atom. The van der Waals surface area contributed by atoms with Gasteiger partial charge in [-0.3, -0.25) is 28.5 Å². The molecular weight excluding hydrogens is 675 g/mol. The first kappa shape index (κ1) is 33.2. The normalized spacial score (nSPS) is 15.8. The number of rotatable bonds is 8. The molecule has 4 heterocycles. The van der Waals surface area contributed by atoms with Crippen LogP contribution in [0.4, 0.5) is 11.4 Å². The smallest absolute Gasteiger partial charge is 0.266 e. The number of aromatic nitrogens is 2. The number of nitrogens with zero attached hydrogens (tertiary/aromatic N) is 4. The summed E-state index contributed by atoms with van der Waals surface area (Å²) in [4.78, 5) is 75.2. The lowest BCUT2D eigenvalue weighted by Gasteiger charge is -2.31. The van der Waals surface area contributed by atoms with Crippen LogP contribution < -0.4 is 20.5 Å². The molecule has 1 saturated heterocycles. The van der Waals surface area contributed by atoms with E-state index in [1.165, 1.54) is 27.6 Å². The fourth-order valence-corrected chi connectivity index (χ4v) is 8.01. The number of aryl methyl sites for hydroxylation is 1. The number of para-hydroxylation sites is 1. The van der Waals surface area contributed by atoms with Gasteiger partial charge in [0.05, 0.1) is 33.4 Å². The van der Waals surface area contributed by atoms with Crippen molar-refractivity contribution in [1.82, 2.24) is 14.5 Å². The molecule has 254 valence electrons. The van der Waals surface area contributed by atoms with Crippen LogP contribution in [-0.4, -0.2) is 57.4 Å². The number of benzene rings is 3. The summed E-state index contributed by atoms with van der Waals surface area (Å²) in [6.07, 6.45) is 5.31. The Hall–Kier alpha value is -5.27. The van der Waals surface area contributed by atoms with Crippen LogP contribution in [0.1, 0.15) is 55.7 Å². The van der Waals surface area contributed by atoms with Crippen molar-refractivity contribution in [3.8, 4) is 11.5 Å². The van der Waals surface area contributed by atoms with E-state index in [0.717, 1.165) is 29.1 Å². The molecule has 2 aromatic heterocycles. The molecule has 5 aromatic rings. The molecule has 0 saturated carbocycles. The molecule has 0 aliphatic carbocycles. The van der Waals surface area contributed by atoms with Crippen molar-refractivity contribution >= 4 is 68.3 Å². The molecule has 7 rings (SSSR count). The maximum atomic E-state index is 13.4. The molecule has 0 radical (unpaired) electrons. The van der Waals surface area contributed by atoms with E-state index in [0.29, 0.717) is 68.1 Å². The highest BCUT2D eigenvalue weighted by Gasteiger charge is 2.38. The van der Waals surface area contributed by atoms with Gasteiger partial charge in [-0.15, -0.1) is 23.1 Å². The van der Waals surface area contributed by atoms with E-state index in [1.807, 2.05) is 18.4 Å². The van der Waals surface area contributed by atoms with Crippen LogP contribution in [0.15, 0.2) is 82.7 Å². The summed E-state index contributed by atoms with van der Waals surface area (Å²) in [5, 5.41) is 3.20. The Morgan fingerprint density at radius 2 is 1.74 bits per heavy atom. The number of hydrogen-bond acceptors (Lipinski definition) is 9. The van der Waals surface area contributed by atoms with Gasteiger partial charge in [-0.05, 0) is 92.1 Å². The monoisotopic (exact) mass is 707 g/mol. The largest absolute Gasteiger partial charge is 0.457 e. The number of ether oxygens (including phenoxy) is 1. The second-order valence-corrected chi connectivity index (χ2v) is 14.3. The van der Waals surface area contributed by atoms with Crippen molar-refractivity contribution < 1.29 is 23.9 Å². The summed E-state index contributed by atoms with van der Waals surface area (Å²) in [5.41, 5.74) is 1.77. The summed E-state index contributed by atoms with van der Waals surface area (Å²) in [6, 6.07) is 18.8. The first-order valence-electron chi connectivity index (χ1n) is 16.1. The number of piperidine rings is 1. The third-order valence-corrected chi connectivity index (χ3v) is 11.0. The molecular formula is C37H33N5O6S2. The number of thioether (sulfide) groups is 1. The lowest BCUT2D eigenvalue weighted by Crippen LogP contribution is -2.42. The number of imide groups is 1. The SMILES string of the molecule is CSc1ccccc1N1C(=O)c2ccc(Oc3ccc(NC(=O)c4sc5ncn(CC(=O)N6CCC[C@@H](C)C6)c(=O)c5c4C)cc3)cc2C1=O.